The van der Waals surface area contributed by atoms with Crippen molar-refractivity contribution in [1.82, 2.24) is 0 Å². The van der Waals surface area contributed by atoms with Gasteiger partial charge in [-0.25, -0.2) is 18.4 Å². The van der Waals surface area contributed by atoms with E-state index in [1.54, 1.807) is 0 Å². The Kier molecular flexibility index (Phi) is 3.93. The largest absolute Gasteiger partial charge is 0.508 e. The average molecular weight is 323 g/mol. The summed E-state index contributed by atoms with van der Waals surface area (Å²) in [4.78, 5) is 10.6. The van der Waals surface area contributed by atoms with Crippen molar-refractivity contribution in [3.05, 3.63) is 42.0 Å². The summed E-state index contributed by atoms with van der Waals surface area (Å²) >= 11 is 0. The number of hydrogen-bond acceptors (Lipinski definition) is 6. The average Bonchev–Trinajstić information content (AvgIpc) is 2.41. The van der Waals surface area contributed by atoms with Gasteiger partial charge in [0.05, 0.1) is 16.9 Å². The van der Waals surface area contributed by atoms with Gasteiger partial charge in [0, 0.05) is 5.69 Å². The lowest BCUT2D eigenvalue weighted by Crippen LogP contribution is -2.16. The van der Waals surface area contributed by atoms with E-state index in [0.717, 1.165) is 12.1 Å². The second-order valence-corrected chi connectivity index (χ2v) is 5.99. The molecule has 116 valence electrons. The molecule has 0 saturated carbocycles. The number of primary sulfonamides is 1. The highest BCUT2D eigenvalue weighted by molar-refractivity contribution is 7.89. The first-order valence-corrected chi connectivity index (χ1v) is 7.49. The molecule has 2 aromatic rings. The van der Waals surface area contributed by atoms with Crippen molar-refractivity contribution in [2.75, 3.05) is 11.1 Å². The molecule has 0 atom stereocenters. The van der Waals surface area contributed by atoms with Crippen molar-refractivity contribution >= 4 is 33.1 Å². The summed E-state index contributed by atoms with van der Waals surface area (Å²) in [7, 11) is -4.20. The zero-order valence-electron chi connectivity index (χ0n) is 11.1. The Hall–Kier alpha value is -2.78. The summed E-state index contributed by atoms with van der Waals surface area (Å²) in [5, 5.41) is 26.1. The predicted octanol–water partition coefficient (Wildman–Crippen LogP) is 1.06. The van der Waals surface area contributed by atoms with Crippen molar-refractivity contribution in [3.63, 3.8) is 0 Å². The van der Waals surface area contributed by atoms with Crippen molar-refractivity contribution < 1.29 is 23.4 Å². The Morgan fingerprint density at radius 3 is 2.23 bits per heavy atom. The third kappa shape index (κ3) is 3.27. The van der Waals surface area contributed by atoms with Gasteiger partial charge in [-0.3, -0.25) is 0 Å². The number of hydrogen-bond donors (Lipinski definition) is 5. The number of nitrogen functional groups attached to an aromatic ring is 1. The van der Waals surface area contributed by atoms with E-state index in [9.17, 15) is 18.3 Å². The number of carbonyl (C=O) groups is 1. The maximum Gasteiger partial charge on any atom is 0.335 e. The Bertz CT molecular complexity index is 831. The van der Waals surface area contributed by atoms with Crippen LogP contribution >= 0.6 is 0 Å². The Labute approximate surface area is 126 Å². The van der Waals surface area contributed by atoms with Gasteiger partial charge in [0.15, 0.2) is 0 Å². The number of nitrogens with two attached hydrogens (primary N) is 2. The molecule has 0 aromatic heterocycles. The van der Waals surface area contributed by atoms with Gasteiger partial charge < -0.3 is 21.3 Å². The highest BCUT2D eigenvalue weighted by Gasteiger charge is 2.20. The Morgan fingerprint density at radius 1 is 1.14 bits per heavy atom. The van der Waals surface area contributed by atoms with E-state index in [4.69, 9.17) is 16.0 Å². The third-order valence-corrected chi connectivity index (χ3v) is 3.76. The predicted molar refractivity (Wildman–Crippen MR) is 80.6 cm³/mol. The first-order chi connectivity index (χ1) is 10.2. The van der Waals surface area contributed by atoms with Crippen LogP contribution in [0.4, 0.5) is 17.1 Å². The van der Waals surface area contributed by atoms with Crippen molar-refractivity contribution in [2.45, 2.75) is 4.90 Å². The molecule has 0 heterocycles. The normalized spacial score (nSPS) is 11.1. The highest BCUT2D eigenvalue weighted by Crippen LogP contribution is 2.32. The van der Waals surface area contributed by atoms with Crippen LogP contribution in [-0.2, 0) is 10.0 Å². The minimum absolute atomic E-state index is 0.0295. The van der Waals surface area contributed by atoms with Crippen molar-refractivity contribution in [3.8, 4) is 5.75 Å². The van der Waals surface area contributed by atoms with E-state index in [1.165, 1.54) is 24.3 Å². The lowest BCUT2D eigenvalue weighted by molar-refractivity contribution is 0.0696. The number of anilines is 3. The molecular weight excluding hydrogens is 310 g/mol. The molecule has 0 saturated heterocycles. The minimum Gasteiger partial charge on any atom is -0.508 e. The standard InChI is InChI=1S/C13H13N3O5S/c14-10-5-7(13(18)19)6-11(22(15,20)21)12(10)16-8-1-3-9(17)4-2-8/h1-6,16-17H,14H2,(H,18,19)(H2,15,20,21). The lowest BCUT2D eigenvalue weighted by Gasteiger charge is -2.14. The second-order valence-electron chi connectivity index (χ2n) is 4.46. The van der Waals surface area contributed by atoms with Gasteiger partial charge >= 0.3 is 5.97 Å². The van der Waals surface area contributed by atoms with E-state index >= 15 is 0 Å². The van der Waals surface area contributed by atoms with Gasteiger partial charge in [0.25, 0.3) is 0 Å². The first-order valence-electron chi connectivity index (χ1n) is 5.94. The Balaban J connectivity index is 2.59. The molecule has 2 rings (SSSR count). The maximum atomic E-state index is 11.7. The van der Waals surface area contributed by atoms with Gasteiger partial charge in [-0.2, -0.15) is 0 Å². The number of nitrogens with one attached hydrogen (secondary N) is 1. The number of benzene rings is 2. The molecule has 0 bridgehead atoms. The molecule has 0 spiro atoms. The zero-order chi connectivity index (χ0) is 16.5. The molecule has 7 N–H and O–H groups in total. The van der Waals surface area contributed by atoms with Crippen molar-refractivity contribution in [1.29, 1.82) is 0 Å². The Morgan fingerprint density at radius 2 is 1.73 bits per heavy atom. The lowest BCUT2D eigenvalue weighted by atomic mass is 10.1. The third-order valence-electron chi connectivity index (χ3n) is 2.82. The maximum absolute atomic E-state index is 11.7. The molecule has 0 unspecified atom stereocenters. The summed E-state index contributed by atoms with van der Waals surface area (Å²) in [5.41, 5.74) is 5.77. The summed E-state index contributed by atoms with van der Waals surface area (Å²) < 4.78 is 23.3. The summed E-state index contributed by atoms with van der Waals surface area (Å²) in [6.07, 6.45) is 0. The van der Waals surface area contributed by atoms with Crippen LogP contribution in [0.1, 0.15) is 10.4 Å². The fourth-order valence-electron chi connectivity index (χ4n) is 1.81. The number of carboxylic acids is 1. The van der Waals surface area contributed by atoms with Crippen LogP contribution in [0.5, 0.6) is 5.75 Å². The number of rotatable bonds is 4. The number of phenolic OH excluding ortho intramolecular Hbond substituents is 1. The topological polar surface area (TPSA) is 156 Å². The SMILES string of the molecule is Nc1cc(C(=O)O)cc(S(N)(=O)=O)c1Nc1ccc(O)cc1. The highest BCUT2D eigenvalue weighted by atomic mass is 32.2. The van der Waals surface area contributed by atoms with Gasteiger partial charge in [-0.1, -0.05) is 0 Å². The van der Waals surface area contributed by atoms with E-state index in [0.29, 0.717) is 5.69 Å². The van der Waals surface area contributed by atoms with Crippen LogP contribution < -0.4 is 16.2 Å². The molecule has 2 aromatic carbocycles. The molecule has 0 aliphatic heterocycles. The number of aromatic carboxylic acids is 1. The molecule has 8 nitrogen and oxygen atoms in total. The van der Waals surface area contributed by atoms with Gasteiger partial charge in [0.1, 0.15) is 10.6 Å². The molecular formula is C13H13N3O5S. The smallest absolute Gasteiger partial charge is 0.335 e. The molecule has 0 fully saturated rings. The molecule has 9 heteroatoms. The van der Waals surface area contributed by atoms with Gasteiger partial charge in [-0.15, -0.1) is 0 Å². The summed E-state index contributed by atoms with van der Waals surface area (Å²) in [6, 6.07) is 7.82. The van der Waals surface area contributed by atoms with Gasteiger partial charge in [0.2, 0.25) is 10.0 Å². The minimum atomic E-state index is -4.20. The zero-order valence-corrected chi connectivity index (χ0v) is 12.0. The number of sulfonamides is 1. The number of carboxylic acid groups (broad SMARTS) is 1. The quantitative estimate of drug-likeness (QED) is 0.416. The molecule has 0 aliphatic carbocycles. The van der Waals surface area contributed by atoms with Crippen LogP contribution in [0.25, 0.3) is 0 Å². The summed E-state index contributed by atoms with van der Waals surface area (Å²) in [5.74, 6) is -1.29. The van der Waals surface area contributed by atoms with Crippen LogP contribution in [0.15, 0.2) is 41.3 Å². The van der Waals surface area contributed by atoms with Gasteiger partial charge in [-0.05, 0) is 36.4 Å². The molecule has 0 radical (unpaired) electrons. The monoisotopic (exact) mass is 323 g/mol. The van der Waals surface area contributed by atoms with Crippen LogP contribution in [0.3, 0.4) is 0 Å². The molecule has 22 heavy (non-hydrogen) atoms. The second kappa shape index (κ2) is 5.54. The number of phenols is 1. The van der Waals surface area contributed by atoms with E-state index < -0.39 is 20.9 Å². The van der Waals surface area contributed by atoms with E-state index in [2.05, 4.69) is 5.32 Å². The number of aromatic hydroxyl groups is 1. The fraction of sp³-hybridized carbons (Fsp3) is 0. The van der Waals surface area contributed by atoms with Crippen molar-refractivity contribution in [2.24, 2.45) is 5.14 Å². The summed E-state index contributed by atoms with van der Waals surface area (Å²) in [6.45, 7) is 0. The first kappa shape index (κ1) is 15.6. The van der Waals surface area contributed by atoms with Crippen LogP contribution in [-0.4, -0.2) is 24.6 Å². The van der Waals surface area contributed by atoms with Crippen LogP contribution in [0, 0.1) is 0 Å². The van der Waals surface area contributed by atoms with Crippen LogP contribution in [0.2, 0.25) is 0 Å². The van der Waals surface area contributed by atoms with E-state index in [1.807, 2.05) is 0 Å². The van der Waals surface area contributed by atoms with E-state index in [-0.39, 0.29) is 22.7 Å². The molecule has 0 aliphatic rings. The molecule has 0 amide bonds. The fourth-order valence-corrected chi connectivity index (χ4v) is 2.55.